The van der Waals surface area contributed by atoms with E-state index >= 15 is 0 Å². The molecule has 2 unspecified atom stereocenters. The minimum atomic E-state index is -0.952. The van der Waals surface area contributed by atoms with Crippen LogP contribution in [0.25, 0.3) is 5.57 Å². The van der Waals surface area contributed by atoms with Crippen LogP contribution in [0.4, 0.5) is 0 Å². The van der Waals surface area contributed by atoms with Crippen molar-refractivity contribution >= 4 is 11.5 Å². The van der Waals surface area contributed by atoms with E-state index in [2.05, 4.69) is 11.4 Å². The molecular formula is C22H21NO4. The van der Waals surface area contributed by atoms with E-state index in [-0.39, 0.29) is 5.56 Å². The molecule has 3 aliphatic rings. The lowest BCUT2D eigenvalue weighted by atomic mass is 9.84. The maximum absolute atomic E-state index is 11.4. The van der Waals surface area contributed by atoms with Crippen molar-refractivity contribution in [2.75, 3.05) is 7.11 Å². The maximum atomic E-state index is 11.4. The summed E-state index contributed by atoms with van der Waals surface area (Å²) in [7, 11) is 1.63. The first-order chi connectivity index (χ1) is 13.1. The molecule has 138 valence electrons. The summed E-state index contributed by atoms with van der Waals surface area (Å²) in [6, 6.07) is 12.1. The average Bonchev–Trinajstić information content (AvgIpc) is 3.02. The quantitative estimate of drug-likeness (QED) is 0.714. The molecule has 0 aromatic heterocycles. The van der Waals surface area contributed by atoms with Crippen molar-refractivity contribution in [1.29, 1.82) is 0 Å². The standard InChI is InChI=1S/C22H21NO4/c1-26-16-5-7-18-20(11-16)27-19-10-12(22(24)25)2-6-17(19)21(18)13-8-14-3-4-15(9-13)23-14/h2,5-7,10-11,14-15,23H,3-4,8-9H2,1H3,(H,24,25). The van der Waals surface area contributed by atoms with Crippen LogP contribution in [0, 0.1) is 0 Å². The van der Waals surface area contributed by atoms with Gasteiger partial charge >= 0.3 is 5.97 Å². The highest BCUT2D eigenvalue weighted by molar-refractivity contribution is 5.94. The van der Waals surface area contributed by atoms with Crippen molar-refractivity contribution in [2.24, 2.45) is 0 Å². The van der Waals surface area contributed by atoms with E-state index in [1.54, 1.807) is 19.2 Å². The Morgan fingerprint density at radius 2 is 1.74 bits per heavy atom. The molecule has 2 aromatic rings. The number of carbonyl (C=O) groups is 1. The van der Waals surface area contributed by atoms with Gasteiger partial charge in [0.1, 0.15) is 17.2 Å². The number of rotatable bonds is 2. The van der Waals surface area contributed by atoms with Crippen LogP contribution in [-0.2, 0) is 0 Å². The molecule has 5 rings (SSSR count). The van der Waals surface area contributed by atoms with Gasteiger partial charge in [-0.25, -0.2) is 4.79 Å². The third-order valence-electron chi connectivity index (χ3n) is 5.85. The fraction of sp³-hybridized carbons (Fsp3) is 0.318. The second-order valence-electron chi connectivity index (χ2n) is 7.50. The van der Waals surface area contributed by atoms with E-state index in [1.807, 2.05) is 18.2 Å². The van der Waals surface area contributed by atoms with Gasteiger partial charge in [-0.05, 0) is 61.6 Å². The van der Waals surface area contributed by atoms with E-state index in [9.17, 15) is 9.90 Å². The van der Waals surface area contributed by atoms with Crippen LogP contribution in [0.2, 0.25) is 0 Å². The lowest BCUT2D eigenvalue weighted by molar-refractivity contribution is 0.0696. The Labute approximate surface area is 157 Å². The van der Waals surface area contributed by atoms with Gasteiger partial charge in [0.15, 0.2) is 0 Å². The smallest absolute Gasteiger partial charge is 0.335 e. The molecule has 0 amide bonds. The van der Waals surface area contributed by atoms with Gasteiger partial charge in [0.2, 0.25) is 0 Å². The number of carboxylic acids is 1. The van der Waals surface area contributed by atoms with Gasteiger partial charge in [0.25, 0.3) is 0 Å². The summed E-state index contributed by atoms with van der Waals surface area (Å²) in [5.74, 6) is 1.09. The molecule has 2 saturated heterocycles. The van der Waals surface area contributed by atoms with Crippen molar-refractivity contribution in [3.05, 3.63) is 58.7 Å². The van der Waals surface area contributed by atoms with E-state index < -0.39 is 5.97 Å². The highest BCUT2D eigenvalue weighted by Crippen LogP contribution is 2.49. The van der Waals surface area contributed by atoms with Crippen molar-refractivity contribution < 1.29 is 19.4 Å². The zero-order valence-electron chi connectivity index (χ0n) is 15.1. The van der Waals surface area contributed by atoms with Gasteiger partial charge in [0.05, 0.1) is 12.7 Å². The van der Waals surface area contributed by atoms with Crippen molar-refractivity contribution in [2.45, 2.75) is 37.8 Å². The molecule has 2 aromatic carbocycles. The van der Waals surface area contributed by atoms with Crippen LogP contribution in [0.1, 0.15) is 47.2 Å². The van der Waals surface area contributed by atoms with Crippen LogP contribution in [-0.4, -0.2) is 30.3 Å². The maximum Gasteiger partial charge on any atom is 0.335 e. The first-order valence-corrected chi connectivity index (χ1v) is 9.34. The molecule has 2 N–H and O–H groups in total. The number of methoxy groups -OCH3 is 1. The number of piperidine rings is 1. The largest absolute Gasteiger partial charge is 0.497 e. The van der Waals surface area contributed by atoms with Crippen LogP contribution >= 0.6 is 0 Å². The Hall–Kier alpha value is -2.79. The van der Waals surface area contributed by atoms with Crippen LogP contribution in [0.15, 0.2) is 42.0 Å². The first-order valence-electron chi connectivity index (χ1n) is 9.34. The SMILES string of the molecule is COc1ccc2c(c1)Oc1cc(C(=O)O)ccc1C2=C1CC2CCC(C1)N2. The van der Waals surface area contributed by atoms with Crippen LogP contribution < -0.4 is 14.8 Å². The number of aromatic carboxylic acids is 1. The van der Waals surface area contributed by atoms with Crippen molar-refractivity contribution in [3.63, 3.8) is 0 Å². The minimum Gasteiger partial charge on any atom is -0.497 e. The summed E-state index contributed by atoms with van der Waals surface area (Å²) < 4.78 is 11.5. The Morgan fingerprint density at radius 3 is 2.41 bits per heavy atom. The first kappa shape index (κ1) is 16.4. The van der Waals surface area contributed by atoms with E-state index in [4.69, 9.17) is 9.47 Å². The number of nitrogens with one attached hydrogen (secondary N) is 1. The predicted molar refractivity (Wildman–Crippen MR) is 102 cm³/mol. The molecule has 5 nitrogen and oxygen atoms in total. The van der Waals surface area contributed by atoms with E-state index in [0.717, 1.165) is 35.5 Å². The normalized spacial score (nSPS) is 22.7. The number of benzene rings is 2. The molecule has 0 radical (unpaired) electrons. The highest BCUT2D eigenvalue weighted by Gasteiger charge is 2.34. The van der Waals surface area contributed by atoms with Gasteiger partial charge in [0, 0.05) is 29.3 Å². The number of hydrogen-bond donors (Lipinski definition) is 2. The second kappa shape index (κ2) is 6.13. The summed E-state index contributed by atoms with van der Waals surface area (Å²) in [5.41, 5.74) is 4.90. The lowest BCUT2D eigenvalue weighted by Gasteiger charge is -2.30. The summed E-state index contributed by atoms with van der Waals surface area (Å²) in [6.07, 6.45) is 4.49. The topological polar surface area (TPSA) is 67.8 Å². The number of carboxylic acid groups (broad SMARTS) is 1. The third kappa shape index (κ3) is 2.70. The summed E-state index contributed by atoms with van der Waals surface area (Å²) in [6.45, 7) is 0. The molecule has 0 aliphatic carbocycles. The zero-order valence-corrected chi connectivity index (χ0v) is 15.1. The van der Waals surface area contributed by atoms with Crippen LogP contribution in [0.3, 0.4) is 0 Å². The Morgan fingerprint density at radius 1 is 1.07 bits per heavy atom. The molecular weight excluding hydrogens is 342 g/mol. The van der Waals surface area contributed by atoms with Gasteiger partial charge in [-0.2, -0.15) is 0 Å². The van der Waals surface area contributed by atoms with Gasteiger partial charge in [-0.15, -0.1) is 0 Å². The van der Waals surface area contributed by atoms with Gasteiger partial charge in [-0.3, -0.25) is 0 Å². The fourth-order valence-corrected chi connectivity index (χ4v) is 4.62. The molecule has 2 bridgehead atoms. The number of fused-ring (bicyclic) bond motifs is 4. The molecule has 2 fully saturated rings. The Balaban J connectivity index is 1.71. The highest BCUT2D eigenvalue weighted by atomic mass is 16.5. The molecule has 2 atom stereocenters. The summed E-state index contributed by atoms with van der Waals surface area (Å²) >= 11 is 0. The molecule has 27 heavy (non-hydrogen) atoms. The average molecular weight is 363 g/mol. The van der Waals surface area contributed by atoms with Crippen molar-refractivity contribution in [3.8, 4) is 17.2 Å². The predicted octanol–water partition coefficient (Wildman–Crippen LogP) is 4.22. The number of ether oxygens (including phenoxy) is 2. The fourth-order valence-electron chi connectivity index (χ4n) is 4.62. The Bertz CT molecular complexity index is 964. The summed E-state index contributed by atoms with van der Waals surface area (Å²) in [5, 5.41) is 13.0. The number of hydrogen-bond acceptors (Lipinski definition) is 4. The van der Waals surface area contributed by atoms with Crippen LogP contribution in [0.5, 0.6) is 17.2 Å². The molecule has 0 saturated carbocycles. The molecule has 3 heterocycles. The lowest BCUT2D eigenvalue weighted by Crippen LogP contribution is -2.35. The third-order valence-corrected chi connectivity index (χ3v) is 5.85. The summed E-state index contributed by atoms with van der Waals surface area (Å²) in [4.78, 5) is 11.4. The van der Waals surface area contributed by atoms with Crippen molar-refractivity contribution in [1.82, 2.24) is 5.32 Å². The Kier molecular flexibility index (Phi) is 3.72. The minimum absolute atomic E-state index is 0.231. The molecule has 5 heteroatoms. The monoisotopic (exact) mass is 363 g/mol. The van der Waals surface area contributed by atoms with Gasteiger partial charge < -0.3 is 19.9 Å². The van der Waals surface area contributed by atoms with E-state index in [1.165, 1.54) is 24.0 Å². The molecule has 0 spiro atoms. The van der Waals surface area contributed by atoms with E-state index in [0.29, 0.717) is 17.8 Å². The van der Waals surface area contributed by atoms with Gasteiger partial charge in [-0.1, -0.05) is 5.57 Å². The zero-order chi connectivity index (χ0) is 18.5. The second-order valence-corrected chi connectivity index (χ2v) is 7.50. The molecule has 3 aliphatic heterocycles.